The van der Waals surface area contributed by atoms with Gasteiger partial charge in [-0.15, -0.1) is 11.3 Å². The summed E-state index contributed by atoms with van der Waals surface area (Å²) in [5, 5.41) is 11.2. The van der Waals surface area contributed by atoms with Crippen molar-refractivity contribution in [2.24, 2.45) is 5.73 Å². The summed E-state index contributed by atoms with van der Waals surface area (Å²) in [6.45, 7) is 2.84. The number of β-amino-alcohol motifs (C(OH)–C–C–N with tert-alkyl or cyclic N) is 1. The minimum Gasteiger partial charge on any atom is -0.397 e. The highest BCUT2D eigenvalue weighted by molar-refractivity contribution is 7.88. The van der Waals surface area contributed by atoms with E-state index in [0.29, 0.717) is 34.2 Å². The Morgan fingerprint density at radius 1 is 1.50 bits per heavy atom. The molecule has 2 aromatic heterocycles. The van der Waals surface area contributed by atoms with Crippen molar-refractivity contribution in [2.45, 2.75) is 38.3 Å². The fourth-order valence-corrected chi connectivity index (χ4v) is 5.36. The van der Waals surface area contributed by atoms with E-state index < -0.39 is 28.1 Å². The van der Waals surface area contributed by atoms with Gasteiger partial charge in [0.25, 0.3) is 5.91 Å². The second-order valence-corrected chi connectivity index (χ2v) is 9.86. The smallest absolute Gasteiger partial charge is 0.260 e. The molecule has 6 N–H and O–H groups in total. The van der Waals surface area contributed by atoms with Gasteiger partial charge in [0.2, 0.25) is 10.0 Å². The molecule has 0 bridgehead atoms. The number of rotatable bonds is 6. The number of aromatic nitrogens is 1. The minimum atomic E-state index is -3.39. The highest BCUT2D eigenvalue weighted by atomic mass is 32.2. The van der Waals surface area contributed by atoms with E-state index in [-0.39, 0.29) is 6.54 Å². The molecule has 1 fully saturated rings. The summed E-state index contributed by atoms with van der Waals surface area (Å²) < 4.78 is 25.4. The van der Waals surface area contributed by atoms with E-state index in [0.717, 1.165) is 30.0 Å². The predicted octanol–water partition coefficient (Wildman–Crippen LogP) is 0.419. The molecule has 1 amide bonds. The van der Waals surface area contributed by atoms with Gasteiger partial charge in [0.1, 0.15) is 15.5 Å². The van der Waals surface area contributed by atoms with Gasteiger partial charge in [-0.1, -0.05) is 13.3 Å². The highest BCUT2D eigenvalue weighted by Crippen LogP contribution is 2.37. The molecule has 11 heteroatoms. The molecule has 1 saturated heterocycles. The van der Waals surface area contributed by atoms with Crippen LogP contribution in [0.5, 0.6) is 0 Å². The van der Waals surface area contributed by atoms with Crippen LogP contribution in [-0.2, 0) is 16.4 Å². The van der Waals surface area contributed by atoms with Crippen molar-refractivity contribution >= 4 is 49.0 Å². The van der Waals surface area contributed by atoms with Gasteiger partial charge < -0.3 is 21.5 Å². The van der Waals surface area contributed by atoms with Crippen LogP contribution in [0, 0.1) is 0 Å². The van der Waals surface area contributed by atoms with E-state index in [1.165, 1.54) is 11.3 Å². The molecular weight excluding hydrogens is 402 g/mol. The van der Waals surface area contributed by atoms with Crippen LogP contribution in [-0.4, -0.2) is 55.9 Å². The normalized spacial score (nSPS) is 20.6. The highest BCUT2D eigenvalue weighted by Gasteiger charge is 2.31. The molecule has 1 aliphatic rings. The van der Waals surface area contributed by atoms with E-state index in [9.17, 15) is 18.3 Å². The van der Waals surface area contributed by atoms with Gasteiger partial charge >= 0.3 is 0 Å². The molecule has 0 radical (unpaired) electrons. The van der Waals surface area contributed by atoms with Crippen LogP contribution in [0.25, 0.3) is 10.2 Å². The van der Waals surface area contributed by atoms with Crippen LogP contribution < -0.4 is 21.1 Å². The number of hydrogen-bond donors (Lipinski definition) is 4. The Balaban J connectivity index is 1.94. The summed E-state index contributed by atoms with van der Waals surface area (Å²) in [6, 6.07) is 1.40. The number of amides is 1. The number of carbonyl (C=O) groups is 1. The average molecular weight is 428 g/mol. The first-order valence-corrected chi connectivity index (χ1v) is 11.7. The lowest BCUT2D eigenvalue weighted by Gasteiger charge is -2.36. The second-order valence-electron chi connectivity index (χ2n) is 7.08. The molecule has 3 heterocycles. The molecule has 0 aliphatic carbocycles. The number of pyridine rings is 1. The maximum Gasteiger partial charge on any atom is 0.260 e. The van der Waals surface area contributed by atoms with Gasteiger partial charge in [-0.05, 0) is 24.5 Å². The quantitative estimate of drug-likeness (QED) is 0.521. The summed E-state index contributed by atoms with van der Waals surface area (Å²) in [5.41, 5.74) is 12.9. The van der Waals surface area contributed by atoms with Crippen molar-refractivity contribution in [3.63, 3.8) is 0 Å². The number of nitrogens with two attached hydrogens (primary N) is 2. The molecule has 0 saturated carbocycles. The fraction of sp³-hybridized carbons (Fsp3) is 0.529. The largest absolute Gasteiger partial charge is 0.397 e. The van der Waals surface area contributed by atoms with E-state index in [1.807, 2.05) is 11.0 Å². The summed E-state index contributed by atoms with van der Waals surface area (Å²) in [6.07, 6.45) is 2.33. The molecule has 9 nitrogen and oxygen atoms in total. The third-order valence-electron chi connectivity index (χ3n) is 4.78. The van der Waals surface area contributed by atoms with Crippen molar-refractivity contribution < 1.29 is 18.3 Å². The number of nitrogens with zero attached hydrogens (tertiary/aromatic N) is 2. The van der Waals surface area contributed by atoms with Crippen molar-refractivity contribution in [3.8, 4) is 0 Å². The fourth-order valence-electron chi connectivity index (χ4n) is 3.55. The molecule has 3 rings (SSSR count). The summed E-state index contributed by atoms with van der Waals surface area (Å²) in [4.78, 5) is 19.2. The Hall–Kier alpha value is -1.95. The maximum absolute atomic E-state index is 11.7. The van der Waals surface area contributed by atoms with Gasteiger partial charge in [0.15, 0.2) is 0 Å². The molecule has 2 atom stereocenters. The lowest BCUT2D eigenvalue weighted by Crippen LogP contribution is -2.54. The Morgan fingerprint density at radius 2 is 2.21 bits per heavy atom. The summed E-state index contributed by atoms with van der Waals surface area (Å²) in [7, 11) is -3.39. The number of aryl methyl sites for hydroxylation is 1. The predicted molar refractivity (Wildman–Crippen MR) is 111 cm³/mol. The molecular formula is C17H25N5O4S2. The van der Waals surface area contributed by atoms with Gasteiger partial charge in [0, 0.05) is 18.5 Å². The summed E-state index contributed by atoms with van der Waals surface area (Å²) >= 11 is 1.17. The lowest BCUT2D eigenvalue weighted by atomic mass is 10.0. The van der Waals surface area contributed by atoms with E-state index in [4.69, 9.17) is 11.5 Å². The van der Waals surface area contributed by atoms with Crippen LogP contribution in [0.1, 0.15) is 35.0 Å². The number of hydrogen-bond acceptors (Lipinski definition) is 8. The van der Waals surface area contributed by atoms with E-state index >= 15 is 0 Å². The average Bonchev–Trinajstić information content (AvgIpc) is 2.93. The number of primary amides is 1. The Kier molecular flexibility index (Phi) is 5.80. The van der Waals surface area contributed by atoms with Crippen LogP contribution in [0.3, 0.4) is 0 Å². The van der Waals surface area contributed by atoms with Crippen molar-refractivity contribution in [1.29, 1.82) is 0 Å². The number of aliphatic hydroxyl groups is 1. The van der Waals surface area contributed by atoms with Crippen LogP contribution in [0.2, 0.25) is 0 Å². The number of thiophene rings is 1. The molecule has 154 valence electrons. The number of fused-ring (bicyclic) bond motifs is 1. The number of carbonyl (C=O) groups excluding carboxylic acids is 1. The van der Waals surface area contributed by atoms with Gasteiger partial charge in [-0.25, -0.2) is 18.1 Å². The van der Waals surface area contributed by atoms with E-state index in [1.54, 1.807) is 0 Å². The minimum absolute atomic E-state index is 0.251. The molecule has 0 spiro atoms. The Morgan fingerprint density at radius 3 is 2.79 bits per heavy atom. The zero-order valence-corrected chi connectivity index (χ0v) is 17.4. The number of nitrogen functional groups attached to an aromatic ring is 1. The molecule has 1 aliphatic heterocycles. The Bertz CT molecular complexity index is 1000. The standard InChI is InChI=1S/C17H25N5O4S2/c1-3-4-9-7-12(20-17-13(9)14(18)15(27-17)16(19)24)22-6-5-10(11(23)8-22)21-28(2,25)26/h7,10-11,21,23H,3-6,8,18H2,1-2H3,(H2,19,24)/t10?,11-/m0/s1. The van der Waals surface area contributed by atoms with Crippen molar-refractivity contribution in [1.82, 2.24) is 9.71 Å². The van der Waals surface area contributed by atoms with Crippen molar-refractivity contribution in [2.75, 3.05) is 30.0 Å². The third kappa shape index (κ3) is 4.22. The zero-order chi connectivity index (χ0) is 20.6. The first kappa shape index (κ1) is 20.8. The number of aliphatic hydroxyl groups excluding tert-OH is 1. The monoisotopic (exact) mass is 427 g/mol. The first-order valence-electron chi connectivity index (χ1n) is 9.02. The lowest BCUT2D eigenvalue weighted by molar-refractivity contribution is 0.100. The second kappa shape index (κ2) is 7.82. The zero-order valence-electron chi connectivity index (χ0n) is 15.8. The maximum atomic E-state index is 11.7. The van der Waals surface area contributed by atoms with Crippen LogP contribution >= 0.6 is 11.3 Å². The van der Waals surface area contributed by atoms with Crippen LogP contribution in [0.15, 0.2) is 6.07 Å². The number of nitrogens with one attached hydrogen (secondary N) is 1. The van der Waals surface area contributed by atoms with Gasteiger partial charge in [0.05, 0.1) is 24.1 Å². The number of piperidine rings is 1. The first-order chi connectivity index (χ1) is 13.1. The van der Waals surface area contributed by atoms with Crippen molar-refractivity contribution in [3.05, 3.63) is 16.5 Å². The molecule has 0 aromatic carbocycles. The van der Waals surface area contributed by atoms with E-state index in [2.05, 4.69) is 16.6 Å². The SMILES string of the molecule is CCCc1cc(N2CCC(NS(C)(=O)=O)[C@@H](O)C2)nc2sc(C(N)=O)c(N)c12. The Labute approximate surface area is 167 Å². The summed E-state index contributed by atoms with van der Waals surface area (Å²) in [5.74, 6) is 0.0951. The van der Waals surface area contributed by atoms with Gasteiger partial charge in [-0.2, -0.15) is 0 Å². The number of sulfonamides is 1. The van der Waals surface area contributed by atoms with Gasteiger partial charge in [-0.3, -0.25) is 4.79 Å². The topological polar surface area (TPSA) is 152 Å². The number of anilines is 2. The molecule has 1 unspecified atom stereocenters. The molecule has 2 aromatic rings. The van der Waals surface area contributed by atoms with Crippen LogP contribution in [0.4, 0.5) is 11.5 Å². The third-order valence-corrected chi connectivity index (χ3v) is 6.63. The molecule has 28 heavy (non-hydrogen) atoms.